The van der Waals surface area contributed by atoms with E-state index in [1.807, 2.05) is 0 Å². The Hall–Kier alpha value is -0.980. The number of piperidine rings is 1. The van der Waals surface area contributed by atoms with E-state index in [-0.39, 0.29) is 5.75 Å². The summed E-state index contributed by atoms with van der Waals surface area (Å²) in [5.41, 5.74) is 7.06. The van der Waals surface area contributed by atoms with Crippen molar-refractivity contribution in [2.45, 2.75) is 26.0 Å². The molecular formula is C15H22N2O2S2. The summed E-state index contributed by atoms with van der Waals surface area (Å²) in [6.45, 7) is 5.54. The van der Waals surface area contributed by atoms with Gasteiger partial charge in [-0.25, -0.2) is 12.7 Å². The molecule has 0 saturated carbocycles. The molecular weight excluding hydrogens is 304 g/mol. The number of benzene rings is 1. The lowest BCUT2D eigenvalue weighted by atomic mass is 9.90. The van der Waals surface area contributed by atoms with Crippen molar-refractivity contribution in [1.82, 2.24) is 4.31 Å². The molecule has 0 spiro atoms. The first-order valence-electron chi connectivity index (χ1n) is 7.16. The molecule has 1 aromatic carbocycles. The van der Waals surface area contributed by atoms with Crippen molar-refractivity contribution in [3.63, 3.8) is 0 Å². The zero-order valence-corrected chi connectivity index (χ0v) is 14.1. The van der Waals surface area contributed by atoms with E-state index in [1.54, 1.807) is 28.6 Å². The van der Waals surface area contributed by atoms with Crippen LogP contribution >= 0.6 is 12.2 Å². The molecule has 6 heteroatoms. The molecule has 4 nitrogen and oxygen atoms in total. The zero-order chi connectivity index (χ0) is 15.6. The summed E-state index contributed by atoms with van der Waals surface area (Å²) in [5, 5.41) is 0. The quantitative estimate of drug-likeness (QED) is 0.861. The molecule has 0 bridgehead atoms. The zero-order valence-electron chi connectivity index (χ0n) is 12.5. The SMILES string of the molecule is CC1CCN(S(=O)(=O)Cc2ccc(C(N)=S)cc2)CC1C. The van der Waals surface area contributed by atoms with E-state index < -0.39 is 10.0 Å². The van der Waals surface area contributed by atoms with E-state index in [2.05, 4.69) is 13.8 Å². The lowest BCUT2D eigenvalue weighted by Crippen LogP contribution is -2.42. The molecule has 0 aromatic heterocycles. The molecule has 0 amide bonds. The van der Waals surface area contributed by atoms with Crippen LogP contribution in [0.2, 0.25) is 0 Å². The minimum Gasteiger partial charge on any atom is -0.389 e. The first-order chi connectivity index (χ1) is 9.79. The number of hydrogen-bond acceptors (Lipinski definition) is 3. The third kappa shape index (κ3) is 4.02. The highest BCUT2D eigenvalue weighted by atomic mass is 32.2. The van der Waals surface area contributed by atoms with Gasteiger partial charge in [0.25, 0.3) is 0 Å². The fourth-order valence-electron chi connectivity index (χ4n) is 2.54. The van der Waals surface area contributed by atoms with E-state index in [0.29, 0.717) is 29.9 Å². The molecule has 1 saturated heterocycles. The average Bonchev–Trinajstić information content (AvgIpc) is 2.42. The Morgan fingerprint density at radius 3 is 2.43 bits per heavy atom. The molecule has 1 heterocycles. The lowest BCUT2D eigenvalue weighted by molar-refractivity contribution is 0.212. The number of rotatable bonds is 4. The Bertz CT molecular complexity index is 611. The van der Waals surface area contributed by atoms with Crippen molar-refractivity contribution in [3.8, 4) is 0 Å². The summed E-state index contributed by atoms with van der Waals surface area (Å²) in [4.78, 5) is 0.322. The maximum absolute atomic E-state index is 12.5. The van der Waals surface area contributed by atoms with Crippen LogP contribution in [0.1, 0.15) is 31.4 Å². The van der Waals surface area contributed by atoms with Crippen molar-refractivity contribution >= 4 is 27.2 Å². The number of hydrogen-bond donors (Lipinski definition) is 1. The van der Waals surface area contributed by atoms with Gasteiger partial charge < -0.3 is 5.73 Å². The average molecular weight is 326 g/mol. The van der Waals surface area contributed by atoms with Gasteiger partial charge in [-0.2, -0.15) is 0 Å². The van der Waals surface area contributed by atoms with E-state index in [4.69, 9.17) is 18.0 Å². The van der Waals surface area contributed by atoms with Crippen LogP contribution in [0.3, 0.4) is 0 Å². The van der Waals surface area contributed by atoms with Crippen LogP contribution in [-0.2, 0) is 15.8 Å². The highest BCUT2D eigenvalue weighted by molar-refractivity contribution is 7.88. The molecule has 2 N–H and O–H groups in total. The molecule has 1 fully saturated rings. The fourth-order valence-corrected chi connectivity index (χ4v) is 4.32. The summed E-state index contributed by atoms with van der Waals surface area (Å²) < 4.78 is 26.6. The fraction of sp³-hybridized carbons (Fsp3) is 0.533. The van der Waals surface area contributed by atoms with Crippen molar-refractivity contribution < 1.29 is 8.42 Å². The number of nitrogens with two attached hydrogens (primary N) is 1. The summed E-state index contributed by atoms with van der Waals surface area (Å²) in [6.07, 6.45) is 0.931. The maximum Gasteiger partial charge on any atom is 0.218 e. The molecule has 116 valence electrons. The number of thiocarbonyl (C=S) groups is 1. The monoisotopic (exact) mass is 326 g/mol. The van der Waals surface area contributed by atoms with Gasteiger partial charge in [-0.05, 0) is 23.8 Å². The summed E-state index contributed by atoms with van der Waals surface area (Å²) in [7, 11) is -3.26. The first kappa shape index (κ1) is 16.4. The van der Waals surface area contributed by atoms with E-state index in [9.17, 15) is 8.42 Å². The van der Waals surface area contributed by atoms with Crippen LogP contribution in [0.4, 0.5) is 0 Å². The summed E-state index contributed by atoms with van der Waals surface area (Å²) >= 11 is 4.89. The lowest BCUT2D eigenvalue weighted by Gasteiger charge is -2.34. The Morgan fingerprint density at radius 1 is 1.29 bits per heavy atom. The van der Waals surface area contributed by atoms with Gasteiger partial charge in [0.05, 0.1) is 5.75 Å². The summed E-state index contributed by atoms with van der Waals surface area (Å²) in [5.74, 6) is 1.03. The van der Waals surface area contributed by atoms with Crippen molar-refractivity contribution in [3.05, 3.63) is 35.4 Å². The predicted molar refractivity (Wildman–Crippen MR) is 89.5 cm³/mol. The van der Waals surface area contributed by atoms with Gasteiger partial charge in [-0.1, -0.05) is 50.3 Å². The summed E-state index contributed by atoms with van der Waals surface area (Å²) in [6, 6.07) is 7.10. The minimum atomic E-state index is -3.26. The molecule has 0 radical (unpaired) electrons. The second kappa shape index (κ2) is 6.42. The molecule has 2 atom stereocenters. The van der Waals surface area contributed by atoms with Gasteiger partial charge >= 0.3 is 0 Å². The molecule has 1 aliphatic rings. The molecule has 2 unspecified atom stereocenters. The molecule has 2 rings (SSSR count). The van der Waals surface area contributed by atoms with Gasteiger partial charge in [-0.15, -0.1) is 0 Å². The Balaban J connectivity index is 2.08. The van der Waals surface area contributed by atoms with Gasteiger partial charge in [0, 0.05) is 18.7 Å². The van der Waals surface area contributed by atoms with E-state index >= 15 is 0 Å². The van der Waals surface area contributed by atoms with Gasteiger partial charge in [0.15, 0.2) is 0 Å². The third-order valence-corrected chi connectivity index (χ3v) is 6.33. The van der Waals surface area contributed by atoms with Crippen LogP contribution in [0.5, 0.6) is 0 Å². The van der Waals surface area contributed by atoms with Crippen LogP contribution in [0.25, 0.3) is 0 Å². The second-order valence-corrected chi connectivity index (χ2v) is 8.33. The highest BCUT2D eigenvalue weighted by Crippen LogP contribution is 2.25. The van der Waals surface area contributed by atoms with Crippen LogP contribution < -0.4 is 5.73 Å². The predicted octanol–water partition coefficient (Wildman–Crippen LogP) is 2.13. The van der Waals surface area contributed by atoms with Crippen molar-refractivity contribution in [2.75, 3.05) is 13.1 Å². The molecule has 1 aliphatic heterocycles. The minimum absolute atomic E-state index is 0.0334. The largest absolute Gasteiger partial charge is 0.389 e. The van der Waals surface area contributed by atoms with Gasteiger partial charge in [0.2, 0.25) is 10.0 Å². The molecule has 21 heavy (non-hydrogen) atoms. The smallest absolute Gasteiger partial charge is 0.218 e. The Kier molecular flexibility index (Phi) is 5.01. The highest BCUT2D eigenvalue weighted by Gasteiger charge is 2.30. The molecule has 0 aliphatic carbocycles. The second-order valence-electron chi connectivity index (χ2n) is 5.92. The maximum atomic E-state index is 12.5. The third-order valence-electron chi connectivity index (χ3n) is 4.28. The number of sulfonamides is 1. The van der Waals surface area contributed by atoms with Gasteiger partial charge in [0.1, 0.15) is 4.99 Å². The van der Waals surface area contributed by atoms with Crippen LogP contribution in [-0.4, -0.2) is 30.8 Å². The van der Waals surface area contributed by atoms with E-state index in [1.165, 1.54) is 0 Å². The standard InChI is InChI=1S/C15H22N2O2S2/c1-11-7-8-17(9-12(11)2)21(18,19)10-13-3-5-14(6-4-13)15(16)20/h3-6,11-12H,7-10H2,1-2H3,(H2,16,20). The first-order valence-corrected chi connectivity index (χ1v) is 9.18. The van der Waals surface area contributed by atoms with Gasteiger partial charge in [-0.3, -0.25) is 0 Å². The van der Waals surface area contributed by atoms with Crippen LogP contribution in [0, 0.1) is 11.8 Å². The number of nitrogens with zero attached hydrogens (tertiary/aromatic N) is 1. The topological polar surface area (TPSA) is 63.4 Å². The van der Waals surface area contributed by atoms with Crippen molar-refractivity contribution in [1.29, 1.82) is 0 Å². The Morgan fingerprint density at radius 2 is 1.90 bits per heavy atom. The van der Waals surface area contributed by atoms with E-state index in [0.717, 1.165) is 17.5 Å². The van der Waals surface area contributed by atoms with Crippen LogP contribution in [0.15, 0.2) is 24.3 Å². The van der Waals surface area contributed by atoms with Crippen molar-refractivity contribution in [2.24, 2.45) is 17.6 Å². The normalized spacial score (nSPS) is 23.9. The Labute approximate surface area is 132 Å². The molecule has 1 aromatic rings.